The lowest BCUT2D eigenvalue weighted by Gasteiger charge is -2.35. The number of halogens is 2. The number of aromatic amines is 1. The number of carbonyl (C=O) groups is 3. The molecule has 1 amide bonds. The van der Waals surface area contributed by atoms with Gasteiger partial charge in [-0.25, -0.2) is 13.6 Å². The van der Waals surface area contributed by atoms with E-state index in [1.54, 1.807) is 35.2 Å². The van der Waals surface area contributed by atoms with Gasteiger partial charge in [0.2, 0.25) is 5.91 Å². The summed E-state index contributed by atoms with van der Waals surface area (Å²) < 4.78 is 26.7. The van der Waals surface area contributed by atoms with Crippen LogP contribution in [0.4, 0.5) is 8.78 Å². The van der Waals surface area contributed by atoms with Crippen LogP contribution in [0.25, 0.3) is 10.9 Å². The van der Waals surface area contributed by atoms with Crippen molar-refractivity contribution in [1.82, 2.24) is 9.88 Å². The van der Waals surface area contributed by atoms with Crippen molar-refractivity contribution < 1.29 is 28.3 Å². The van der Waals surface area contributed by atoms with Crippen LogP contribution in [0, 0.1) is 17.7 Å². The zero-order valence-corrected chi connectivity index (χ0v) is 21.6. The summed E-state index contributed by atoms with van der Waals surface area (Å²) in [5.74, 6) is -2.03. The number of aromatic carboxylic acids is 1. The van der Waals surface area contributed by atoms with E-state index in [0.29, 0.717) is 49.6 Å². The van der Waals surface area contributed by atoms with Gasteiger partial charge in [-0.2, -0.15) is 0 Å². The summed E-state index contributed by atoms with van der Waals surface area (Å²) in [6, 6.07) is 11.8. The van der Waals surface area contributed by atoms with Crippen LogP contribution in [-0.2, 0) is 16.0 Å². The van der Waals surface area contributed by atoms with Gasteiger partial charge in [0, 0.05) is 41.7 Å². The fourth-order valence-corrected chi connectivity index (χ4v) is 6.36. The second-order valence-electron chi connectivity index (χ2n) is 10.9. The second-order valence-corrected chi connectivity index (χ2v) is 10.9. The van der Waals surface area contributed by atoms with Crippen LogP contribution < -0.4 is 5.73 Å². The Kier molecular flexibility index (Phi) is 7.79. The predicted octanol–water partition coefficient (Wildman–Crippen LogP) is 4.60. The number of alkyl halides is 1. The molecule has 7 nitrogen and oxygen atoms in total. The third kappa shape index (κ3) is 5.59. The number of benzene rings is 2. The highest BCUT2D eigenvalue weighted by Gasteiger charge is 2.44. The number of H-pyrrole nitrogens is 1. The minimum absolute atomic E-state index is 0.0579. The molecule has 206 valence electrons. The van der Waals surface area contributed by atoms with Gasteiger partial charge in [0.05, 0.1) is 6.04 Å². The molecule has 0 radical (unpaired) electrons. The summed E-state index contributed by atoms with van der Waals surface area (Å²) in [6.45, 7) is -0.141. The van der Waals surface area contributed by atoms with Crippen LogP contribution in [0.15, 0.2) is 48.5 Å². The fourth-order valence-electron chi connectivity index (χ4n) is 6.36. The van der Waals surface area contributed by atoms with Crippen molar-refractivity contribution in [3.8, 4) is 0 Å². The maximum Gasteiger partial charge on any atom is 0.352 e. The molecule has 2 fully saturated rings. The smallest absolute Gasteiger partial charge is 0.352 e. The van der Waals surface area contributed by atoms with Crippen molar-refractivity contribution in [2.45, 2.75) is 56.5 Å². The van der Waals surface area contributed by atoms with Crippen LogP contribution in [0.2, 0.25) is 0 Å². The van der Waals surface area contributed by atoms with E-state index in [1.165, 1.54) is 18.2 Å². The van der Waals surface area contributed by atoms with E-state index in [0.717, 1.165) is 11.1 Å². The van der Waals surface area contributed by atoms with Crippen LogP contribution >= 0.6 is 0 Å². The number of nitrogens with two attached hydrogens (primary N) is 1. The first-order valence-corrected chi connectivity index (χ1v) is 13.5. The van der Waals surface area contributed by atoms with Crippen LogP contribution in [0.5, 0.6) is 0 Å². The third-order valence-corrected chi connectivity index (χ3v) is 8.51. The van der Waals surface area contributed by atoms with Crippen molar-refractivity contribution in [2.24, 2.45) is 17.6 Å². The number of aromatic nitrogens is 1. The van der Waals surface area contributed by atoms with Gasteiger partial charge in [-0.05, 0) is 79.5 Å². The summed E-state index contributed by atoms with van der Waals surface area (Å²) in [5, 5.41) is 9.96. The fraction of sp³-hybridized carbons (Fsp3) is 0.433. The molecule has 0 spiro atoms. The maximum absolute atomic E-state index is 13.9. The van der Waals surface area contributed by atoms with E-state index < -0.39 is 24.7 Å². The highest BCUT2D eigenvalue weighted by molar-refractivity contribution is 5.95. The second kappa shape index (κ2) is 11.3. The summed E-state index contributed by atoms with van der Waals surface area (Å²) in [7, 11) is 0. The number of carboxylic acid groups (broad SMARTS) is 1. The molecule has 3 aromatic rings. The number of nitrogens with one attached hydrogen (secondary N) is 1. The van der Waals surface area contributed by atoms with E-state index in [4.69, 9.17) is 5.73 Å². The Morgan fingerprint density at radius 2 is 1.74 bits per heavy atom. The Bertz CT molecular complexity index is 1360. The first-order valence-electron chi connectivity index (χ1n) is 13.5. The average Bonchev–Trinajstić information content (AvgIpc) is 3.57. The van der Waals surface area contributed by atoms with E-state index in [1.807, 2.05) is 0 Å². The number of ketones is 1. The molecule has 1 aromatic heterocycles. The van der Waals surface area contributed by atoms with Gasteiger partial charge >= 0.3 is 5.97 Å². The van der Waals surface area contributed by atoms with Gasteiger partial charge < -0.3 is 20.7 Å². The molecular formula is C30H33F2N3O4. The van der Waals surface area contributed by atoms with E-state index in [9.17, 15) is 28.3 Å². The summed E-state index contributed by atoms with van der Waals surface area (Å²) >= 11 is 0. The average molecular weight is 538 g/mol. The molecule has 1 saturated carbocycles. The summed E-state index contributed by atoms with van der Waals surface area (Å²) in [5.41, 5.74) is 8.17. The molecule has 4 N–H and O–H groups in total. The lowest BCUT2D eigenvalue weighted by Crippen LogP contribution is -2.47. The molecule has 2 aliphatic rings. The van der Waals surface area contributed by atoms with Crippen molar-refractivity contribution in [3.63, 3.8) is 0 Å². The number of nitrogens with zero attached hydrogens (tertiary/aromatic N) is 1. The molecule has 39 heavy (non-hydrogen) atoms. The molecule has 2 heterocycles. The quantitative estimate of drug-likeness (QED) is 0.388. The van der Waals surface area contributed by atoms with E-state index in [-0.39, 0.29) is 47.4 Å². The summed E-state index contributed by atoms with van der Waals surface area (Å²) in [6.07, 6.45) is 3.27. The number of hydrogen-bond acceptors (Lipinski definition) is 4. The first kappa shape index (κ1) is 27.0. The van der Waals surface area contributed by atoms with Gasteiger partial charge in [0.25, 0.3) is 0 Å². The lowest BCUT2D eigenvalue weighted by molar-refractivity contribution is -0.142. The largest absolute Gasteiger partial charge is 0.477 e. The molecule has 5 rings (SSSR count). The molecule has 1 aliphatic heterocycles. The normalized spacial score (nSPS) is 24.1. The number of carbonyl (C=O) groups excluding carboxylic acids is 2. The minimum atomic E-state index is -1.06. The van der Waals surface area contributed by atoms with Gasteiger partial charge in [-0.15, -0.1) is 0 Å². The topological polar surface area (TPSA) is 116 Å². The van der Waals surface area contributed by atoms with Gasteiger partial charge in [0.15, 0.2) is 5.78 Å². The predicted molar refractivity (Wildman–Crippen MR) is 143 cm³/mol. The molecule has 2 aromatic carbocycles. The SMILES string of the molecule is NC(CF)C1CCC(C(=O)N2CC[C@@H](c3ccc(F)cc3)[C@H]2C(=O)Cc2ccc3[nH]c(C(=O)O)cc3c2)CC1. The van der Waals surface area contributed by atoms with Gasteiger partial charge in [-0.1, -0.05) is 18.2 Å². The molecule has 1 aliphatic carbocycles. The molecular weight excluding hydrogens is 504 g/mol. The Labute approximate surface area is 225 Å². The zero-order valence-electron chi connectivity index (χ0n) is 21.6. The van der Waals surface area contributed by atoms with Crippen molar-refractivity contribution >= 4 is 28.6 Å². The van der Waals surface area contributed by atoms with Crippen LogP contribution in [0.3, 0.4) is 0 Å². The highest BCUT2D eigenvalue weighted by atomic mass is 19.1. The molecule has 9 heteroatoms. The standard InChI is InChI=1S/C30H33F2N3O4/c31-16-24(33)19-2-4-20(5-3-19)29(37)35-12-11-23(18-6-8-22(32)9-7-18)28(35)27(36)14-17-1-10-25-21(13-17)15-26(34-25)30(38)39/h1,6-10,13,15,19-20,23-24,28,34H,2-5,11-12,14,16,33H2,(H,38,39)/t19?,20?,23-,24?,28-/m0/s1. The maximum atomic E-state index is 13.9. The minimum Gasteiger partial charge on any atom is -0.477 e. The van der Waals surface area contributed by atoms with Crippen molar-refractivity contribution in [2.75, 3.05) is 13.2 Å². The Morgan fingerprint density at radius 3 is 2.41 bits per heavy atom. The molecule has 0 bridgehead atoms. The van der Waals surface area contributed by atoms with Gasteiger partial charge in [-0.3, -0.25) is 9.59 Å². The monoisotopic (exact) mass is 537 g/mol. The molecule has 3 atom stereocenters. The van der Waals surface area contributed by atoms with Crippen LogP contribution in [-0.4, -0.2) is 58.0 Å². The zero-order chi connectivity index (χ0) is 27.7. The van der Waals surface area contributed by atoms with E-state index in [2.05, 4.69) is 4.98 Å². The number of hydrogen-bond donors (Lipinski definition) is 3. The lowest BCUT2D eigenvalue weighted by atomic mass is 9.78. The Balaban J connectivity index is 1.38. The first-order chi connectivity index (χ1) is 18.7. The van der Waals surface area contributed by atoms with Crippen molar-refractivity contribution in [1.29, 1.82) is 0 Å². The number of carboxylic acids is 1. The number of amides is 1. The third-order valence-electron chi connectivity index (χ3n) is 8.51. The number of likely N-dealkylation sites (tertiary alicyclic amines) is 1. The highest BCUT2D eigenvalue weighted by Crippen LogP contribution is 2.39. The Hall–Kier alpha value is -3.59. The van der Waals surface area contributed by atoms with E-state index >= 15 is 0 Å². The summed E-state index contributed by atoms with van der Waals surface area (Å²) in [4.78, 5) is 43.5. The number of fused-ring (bicyclic) bond motifs is 1. The number of rotatable bonds is 8. The van der Waals surface area contributed by atoms with Crippen molar-refractivity contribution in [3.05, 3.63) is 71.2 Å². The molecule has 1 unspecified atom stereocenters. The van der Waals surface area contributed by atoms with Gasteiger partial charge in [0.1, 0.15) is 18.2 Å². The molecule has 1 saturated heterocycles. The Morgan fingerprint density at radius 1 is 1.03 bits per heavy atom. The number of Topliss-reactive ketones (excluding diaryl/α,β-unsaturated/α-hetero) is 1. The van der Waals surface area contributed by atoms with Crippen LogP contribution in [0.1, 0.15) is 59.6 Å².